The van der Waals surface area contributed by atoms with Crippen LogP contribution in [0.3, 0.4) is 0 Å². The molecule has 0 saturated heterocycles. The van der Waals surface area contributed by atoms with Crippen LogP contribution in [-0.4, -0.2) is 0 Å². The SMILES string of the molecule is CC.CCCc1ccccc1Cl.CCc1cccc(Cl)c1. The third kappa shape index (κ3) is 8.80. The number of rotatable bonds is 3. The molecule has 0 N–H and O–H groups in total. The quantitative estimate of drug-likeness (QED) is 0.559. The molecular formula is C19H26Cl2. The highest BCUT2D eigenvalue weighted by atomic mass is 35.5. The molecule has 2 heteroatoms. The van der Waals surface area contributed by atoms with Gasteiger partial charge in [-0.25, -0.2) is 0 Å². The van der Waals surface area contributed by atoms with Gasteiger partial charge in [-0.05, 0) is 42.2 Å². The first-order valence-electron chi connectivity index (χ1n) is 7.65. The summed E-state index contributed by atoms with van der Waals surface area (Å²) in [5.74, 6) is 0. The summed E-state index contributed by atoms with van der Waals surface area (Å²) in [6.45, 7) is 8.27. The van der Waals surface area contributed by atoms with Gasteiger partial charge >= 0.3 is 0 Å². The molecule has 0 aliphatic carbocycles. The van der Waals surface area contributed by atoms with Crippen molar-refractivity contribution in [1.29, 1.82) is 0 Å². The molecule has 2 rings (SSSR count). The van der Waals surface area contributed by atoms with E-state index in [0.29, 0.717) is 0 Å². The second-order valence-electron chi connectivity index (χ2n) is 4.32. The Bertz CT molecular complexity index is 492. The smallest absolute Gasteiger partial charge is 0.0437 e. The summed E-state index contributed by atoms with van der Waals surface area (Å²) in [4.78, 5) is 0. The lowest BCUT2D eigenvalue weighted by atomic mass is 10.1. The molecule has 0 unspecified atom stereocenters. The van der Waals surface area contributed by atoms with Crippen LogP contribution in [0.15, 0.2) is 48.5 Å². The Morgan fingerprint density at radius 3 is 2.00 bits per heavy atom. The van der Waals surface area contributed by atoms with E-state index in [2.05, 4.69) is 26.0 Å². The van der Waals surface area contributed by atoms with E-state index in [1.165, 1.54) is 11.1 Å². The molecule has 0 aromatic heterocycles. The van der Waals surface area contributed by atoms with Crippen molar-refractivity contribution < 1.29 is 0 Å². The average Bonchev–Trinajstić information content (AvgIpc) is 2.52. The monoisotopic (exact) mass is 324 g/mol. The van der Waals surface area contributed by atoms with Crippen molar-refractivity contribution in [3.05, 3.63) is 69.7 Å². The normalized spacial score (nSPS) is 9.05. The number of hydrogen-bond acceptors (Lipinski definition) is 0. The van der Waals surface area contributed by atoms with Crippen molar-refractivity contribution in [2.75, 3.05) is 0 Å². The summed E-state index contributed by atoms with van der Waals surface area (Å²) in [6, 6.07) is 15.9. The molecule has 21 heavy (non-hydrogen) atoms. The van der Waals surface area contributed by atoms with Gasteiger partial charge in [0.05, 0.1) is 0 Å². The highest BCUT2D eigenvalue weighted by Gasteiger charge is 1.94. The van der Waals surface area contributed by atoms with Crippen molar-refractivity contribution in [3.63, 3.8) is 0 Å². The van der Waals surface area contributed by atoms with Crippen LogP contribution in [0.2, 0.25) is 10.0 Å². The third-order valence-corrected chi connectivity index (χ3v) is 3.38. The maximum atomic E-state index is 5.90. The molecule has 0 nitrogen and oxygen atoms in total. The van der Waals surface area contributed by atoms with Crippen molar-refractivity contribution in [2.45, 2.75) is 47.0 Å². The number of benzene rings is 2. The van der Waals surface area contributed by atoms with E-state index < -0.39 is 0 Å². The summed E-state index contributed by atoms with van der Waals surface area (Å²) < 4.78 is 0. The number of halogens is 2. The Kier molecular flexibility index (Phi) is 12.1. The van der Waals surface area contributed by atoms with Crippen LogP contribution >= 0.6 is 23.2 Å². The van der Waals surface area contributed by atoms with Crippen LogP contribution in [0.5, 0.6) is 0 Å². The zero-order valence-corrected chi connectivity index (χ0v) is 15.0. The van der Waals surface area contributed by atoms with E-state index in [0.717, 1.165) is 29.3 Å². The van der Waals surface area contributed by atoms with Gasteiger partial charge in [-0.15, -0.1) is 0 Å². The lowest BCUT2D eigenvalue weighted by Crippen LogP contribution is -1.82. The summed E-state index contributed by atoms with van der Waals surface area (Å²) >= 11 is 11.6. The van der Waals surface area contributed by atoms with Crippen molar-refractivity contribution >= 4 is 23.2 Å². The highest BCUT2D eigenvalue weighted by Crippen LogP contribution is 2.15. The fourth-order valence-electron chi connectivity index (χ4n) is 1.73. The van der Waals surface area contributed by atoms with Crippen LogP contribution in [0, 0.1) is 0 Å². The lowest BCUT2D eigenvalue weighted by Gasteiger charge is -1.99. The molecule has 0 heterocycles. The Hall–Kier alpha value is -0.980. The van der Waals surface area contributed by atoms with Gasteiger partial charge in [-0.1, -0.05) is 87.6 Å². The van der Waals surface area contributed by atoms with Gasteiger partial charge in [0.15, 0.2) is 0 Å². The first-order chi connectivity index (χ1) is 10.2. The molecule has 0 radical (unpaired) electrons. The number of hydrogen-bond donors (Lipinski definition) is 0. The van der Waals surface area contributed by atoms with Gasteiger partial charge in [0.1, 0.15) is 0 Å². The van der Waals surface area contributed by atoms with Gasteiger partial charge < -0.3 is 0 Å². The zero-order valence-electron chi connectivity index (χ0n) is 13.5. The van der Waals surface area contributed by atoms with E-state index >= 15 is 0 Å². The van der Waals surface area contributed by atoms with E-state index in [9.17, 15) is 0 Å². The Labute approximate surface area is 140 Å². The Balaban J connectivity index is 0.000000342. The number of aryl methyl sites for hydroxylation is 2. The molecule has 0 fully saturated rings. The summed E-state index contributed by atoms with van der Waals surface area (Å²) in [6.07, 6.45) is 3.30. The van der Waals surface area contributed by atoms with Crippen molar-refractivity contribution in [1.82, 2.24) is 0 Å². The third-order valence-electron chi connectivity index (χ3n) is 2.77. The van der Waals surface area contributed by atoms with E-state index in [1.807, 2.05) is 50.2 Å². The molecule has 0 aliphatic heterocycles. The summed E-state index contributed by atoms with van der Waals surface area (Å²) in [5.41, 5.74) is 2.55. The lowest BCUT2D eigenvalue weighted by molar-refractivity contribution is 0.922. The van der Waals surface area contributed by atoms with Crippen molar-refractivity contribution in [3.8, 4) is 0 Å². The minimum Gasteiger partial charge on any atom is -0.0843 e. The van der Waals surface area contributed by atoms with Crippen LogP contribution in [0.4, 0.5) is 0 Å². The minimum absolute atomic E-state index is 0.828. The average molecular weight is 325 g/mol. The first-order valence-corrected chi connectivity index (χ1v) is 8.40. The molecule has 2 aromatic carbocycles. The van der Waals surface area contributed by atoms with Crippen molar-refractivity contribution in [2.24, 2.45) is 0 Å². The van der Waals surface area contributed by atoms with Crippen LogP contribution in [0.25, 0.3) is 0 Å². The maximum Gasteiger partial charge on any atom is 0.0437 e. The highest BCUT2D eigenvalue weighted by molar-refractivity contribution is 6.31. The van der Waals surface area contributed by atoms with E-state index in [1.54, 1.807) is 0 Å². The Morgan fingerprint density at radius 2 is 1.52 bits per heavy atom. The zero-order chi connectivity index (χ0) is 16.1. The molecular weight excluding hydrogens is 299 g/mol. The summed E-state index contributed by atoms with van der Waals surface area (Å²) in [7, 11) is 0. The molecule has 0 bridgehead atoms. The second-order valence-corrected chi connectivity index (χ2v) is 5.17. The topological polar surface area (TPSA) is 0 Å². The maximum absolute atomic E-state index is 5.90. The fourth-order valence-corrected chi connectivity index (χ4v) is 2.17. The van der Waals surface area contributed by atoms with Gasteiger partial charge in [0.25, 0.3) is 0 Å². The molecule has 0 amide bonds. The van der Waals surface area contributed by atoms with Crippen LogP contribution < -0.4 is 0 Å². The first kappa shape index (κ1) is 20.0. The van der Waals surface area contributed by atoms with Gasteiger partial charge in [0, 0.05) is 10.0 Å². The van der Waals surface area contributed by atoms with Gasteiger partial charge in [-0.3, -0.25) is 0 Å². The molecule has 0 aliphatic rings. The predicted octanol–water partition coefficient (Wildman–Crippen LogP) is 7.22. The standard InChI is InChI=1S/C9H11Cl.C8H9Cl.C2H6/c1-2-5-8-6-3-4-7-9(8)10;1-2-7-4-3-5-8(9)6-7;1-2/h3-4,6-7H,2,5H2,1H3;3-6H,2H2,1H3;1-2H3. The minimum atomic E-state index is 0.828. The van der Waals surface area contributed by atoms with Crippen LogP contribution in [-0.2, 0) is 12.8 Å². The van der Waals surface area contributed by atoms with E-state index in [4.69, 9.17) is 23.2 Å². The fraction of sp³-hybridized carbons (Fsp3) is 0.368. The second kappa shape index (κ2) is 12.7. The molecule has 0 atom stereocenters. The predicted molar refractivity (Wildman–Crippen MR) is 97.6 cm³/mol. The van der Waals surface area contributed by atoms with Gasteiger partial charge in [0.2, 0.25) is 0 Å². The largest absolute Gasteiger partial charge is 0.0843 e. The molecule has 116 valence electrons. The summed E-state index contributed by atoms with van der Waals surface area (Å²) in [5, 5.41) is 1.72. The van der Waals surface area contributed by atoms with Crippen LogP contribution in [0.1, 0.15) is 45.2 Å². The Morgan fingerprint density at radius 1 is 0.857 bits per heavy atom. The molecule has 2 aromatic rings. The molecule has 0 spiro atoms. The van der Waals surface area contributed by atoms with Gasteiger partial charge in [-0.2, -0.15) is 0 Å². The molecule has 0 saturated carbocycles. The van der Waals surface area contributed by atoms with E-state index in [-0.39, 0.29) is 0 Å².